The van der Waals surface area contributed by atoms with Crippen LogP contribution in [0.5, 0.6) is 0 Å². The molecule has 17 heteroatoms. The van der Waals surface area contributed by atoms with E-state index in [1.165, 1.54) is 0 Å². The van der Waals surface area contributed by atoms with Crippen molar-refractivity contribution in [3.05, 3.63) is 0 Å². The number of esters is 3. The van der Waals surface area contributed by atoms with E-state index in [1.807, 2.05) is 0 Å². The van der Waals surface area contributed by atoms with Gasteiger partial charge in [-0.3, -0.25) is 19.2 Å². The number of hydrogen-bond donors (Lipinski definition) is 1. The van der Waals surface area contributed by atoms with Crippen LogP contribution in [0.2, 0.25) is 0 Å². The molecule has 0 saturated carbocycles. The lowest BCUT2D eigenvalue weighted by Crippen LogP contribution is -2.45. The molecule has 1 heterocycles. The van der Waals surface area contributed by atoms with E-state index >= 15 is 0 Å². The van der Waals surface area contributed by atoms with E-state index < -0.39 is 11.0 Å². The number of carbonyl (C=O) groups excluding carboxylic acids is 4. The molecule has 0 aromatic heterocycles. The molecule has 1 aliphatic rings. The Kier molecular flexibility index (Phi) is 29.9. The molecular weight excluding hydrogens is 726 g/mol. The highest BCUT2D eigenvalue weighted by Gasteiger charge is 2.33. The van der Waals surface area contributed by atoms with E-state index in [0.717, 1.165) is 0 Å². The number of aliphatic hydroxyl groups is 1. The molecule has 0 unspecified atom stereocenters. The number of rotatable bonds is 36. The quantitative estimate of drug-likeness (QED) is 0.0550. The Morgan fingerprint density at radius 1 is 0.509 bits per heavy atom. The molecule has 1 N–H and O–H groups in total. The second kappa shape index (κ2) is 32.6. The number of hydrogen-bond acceptors (Lipinski definition) is 16. The van der Waals surface area contributed by atoms with Gasteiger partial charge in [-0.25, -0.2) is 0 Å². The normalized spacial score (nSPS) is 14.2. The van der Waals surface area contributed by atoms with Crippen LogP contribution in [0.4, 0.5) is 0 Å². The average molecular weight is 796 g/mol. The van der Waals surface area contributed by atoms with Gasteiger partial charge in [0.1, 0.15) is 19.8 Å². The number of piperidine rings is 1. The first kappa shape index (κ1) is 50.5. The van der Waals surface area contributed by atoms with E-state index in [1.54, 1.807) is 33.2 Å². The lowest BCUT2D eigenvalue weighted by molar-refractivity contribution is -0.151. The standard InChI is InChI=1S/C38H69NO16/c1-37(44)13-15-39(16-14-37)33(40)9-5-20-48-21-22-49-29-38(30-50-23-26-53-34(41)10-6-17-45-2,31-51-24-27-54-35(42)11-7-18-46-3)32-52-25-28-55-36(43)12-8-19-47-4/h44H,5-32H2,1-4H3. The van der Waals surface area contributed by atoms with Crippen molar-refractivity contribution in [2.45, 2.75) is 76.7 Å². The largest absolute Gasteiger partial charge is 0.463 e. The number of carbonyl (C=O) groups is 4. The highest BCUT2D eigenvalue weighted by molar-refractivity contribution is 5.76. The molecule has 55 heavy (non-hydrogen) atoms. The molecule has 0 radical (unpaired) electrons. The molecule has 1 saturated heterocycles. The van der Waals surface area contributed by atoms with Gasteiger partial charge in [-0.2, -0.15) is 0 Å². The summed E-state index contributed by atoms with van der Waals surface area (Å²) in [6.45, 7) is 6.19. The van der Waals surface area contributed by atoms with E-state index in [0.29, 0.717) is 84.5 Å². The van der Waals surface area contributed by atoms with Crippen molar-refractivity contribution in [3.63, 3.8) is 0 Å². The van der Waals surface area contributed by atoms with E-state index in [9.17, 15) is 24.3 Å². The molecule has 0 spiro atoms. The van der Waals surface area contributed by atoms with E-state index in [4.69, 9.17) is 52.1 Å². The summed E-state index contributed by atoms with van der Waals surface area (Å²) in [5.41, 5.74) is -1.56. The predicted molar refractivity (Wildman–Crippen MR) is 198 cm³/mol. The maximum Gasteiger partial charge on any atom is 0.305 e. The van der Waals surface area contributed by atoms with Gasteiger partial charge >= 0.3 is 17.9 Å². The Morgan fingerprint density at radius 3 is 1.24 bits per heavy atom. The van der Waals surface area contributed by atoms with Crippen molar-refractivity contribution in [1.29, 1.82) is 0 Å². The van der Waals surface area contributed by atoms with Crippen molar-refractivity contribution in [1.82, 2.24) is 4.90 Å². The van der Waals surface area contributed by atoms with Crippen LogP contribution >= 0.6 is 0 Å². The van der Waals surface area contributed by atoms with Crippen LogP contribution in [0.3, 0.4) is 0 Å². The van der Waals surface area contributed by atoms with Crippen molar-refractivity contribution in [3.8, 4) is 0 Å². The van der Waals surface area contributed by atoms with E-state index in [-0.39, 0.29) is 122 Å². The van der Waals surface area contributed by atoms with Crippen LogP contribution in [0.15, 0.2) is 0 Å². The summed E-state index contributed by atoms with van der Waals surface area (Å²) in [6.07, 6.45) is 4.46. The lowest BCUT2D eigenvalue weighted by Gasteiger charge is -2.35. The third-order valence-corrected chi connectivity index (χ3v) is 8.54. The summed E-state index contributed by atoms with van der Waals surface area (Å²) in [6, 6.07) is 0. The van der Waals surface area contributed by atoms with Crippen LogP contribution in [0.1, 0.15) is 71.1 Å². The third kappa shape index (κ3) is 27.7. The Labute approximate surface area is 327 Å². The van der Waals surface area contributed by atoms with Crippen LogP contribution in [-0.2, 0) is 71.3 Å². The molecule has 0 bridgehead atoms. The number of ether oxygens (including phenoxy) is 11. The molecule has 0 aliphatic carbocycles. The number of methoxy groups -OCH3 is 3. The van der Waals surface area contributed by atoms with E-state index in [2.05, 4.69) is 0 Å². The topological polar surface area (TPSA) is 193 Å². The molecule has 322 valence electrons. The monoisotopic (exact) mass is 795 g/mol. The van der Waals surface area contributed by atoms with Gasteiger partial charge in [0.2, 0.25) is 5.91 Å². The number of likely N-dealkylation sites (tertiary alicyclic amines) is 1. The van der Waals surface area contributed by atoms with Gasteiger partial charge in [-0.05, 0) is 45.4 Å². The minimum Gasteiger partial charge on any atom is -0.463 e. The predicted octanol–water partition coefficient (Wildman–Crippen LogP) is 2.12. The van der Waals surface area contributed by atoms with Gasteiger partial charge in [0, 0.05) is 86.5 Å². The zero-order valence-corrected chi connectivity index (χ0v) is 33.8. The van der Waals surface area contributed by atoms with Crippen molar-refractivity contribution < 1.29 is 76.4 Å². The van der Waals surface area contributed by atoms with Crippen LogP contribution in [0.25, 0.3) is 0 Å². The Morgan fingerprint density at radius 2 is 0.855 bits per heavy atom. The Hall–Kier alpha value is -2.48. The maximum atomic E-state index is 12.5. The average Bonchev–Trinajstić information content (AvgIpc) is 3.15. The fourth-order valence-corrected chi connectivity index (χ4v) is 5.29. The smallest absolute Gasteiger partial charge is 0.305 e. The fourth-order valence-electron chi connectivity index (χ4n) is 5.29. The highest BCUT2D eigenvalue weighted by Crippen LogP contribution is 2.22. The minimum atomic E-state index is -0.848. The van der Waals surface area contributed by atoms with Crippen molar-refractivity contribution in [2.24, 2.45) is 5.41 Å². The zero-order valence-electron chi connectivity index (χ0n) is 33.8. The molecule has 0 atom stereocenters. The number of amides is 1. The summed E-state index contributed by atoms with van der Waals surface area (Å²) in [5.74, 6) is -0.982. The maximum absolute atomic E-state index is 12.5. The third-order valence-electron chi connectivity index (χ3n) is 8.54. The Balaban J connectivity index is 2.72. The summed E-state index contributed by atoms with van der Waals surface area (Å²) in [5, 5.41) is 10.1. The van der Waals surface area contributed by atoms with Gasteiger partial charge in [-0.15, -0.1) is 0 Å². The second-order valence-corrected chi connectivity index (χ2v) is 13.8. The molecule has 1 fully saturated rings. The first-order valence-corrected chi connectivity index (χ1v) is 19.4. The van der Waals surface area contributed by atoms with Crippen LogP contribution in [-0.4, -0.2) is 180 Å². The second-order valence-electron chi connectivity index (χ2n) is 13.8. The van der Waals surface area contributed by atoms with Gasteiger partial charge < -0.3 is 62.1 Å². The van der Waals surface area contributed by atoms with Gasteiger partial charge in [0.25, 0.3) is 0 Å². The Bertz CT molecular complexity index is 924. The SMILES string of the molecule is COCCCC(=O)OCCOCC(COCCOCCCC(=O)N1CCC(C)(O)CC1)(COCCOC(=O)CCCOC)COCCOC(=O)CCCOC. The first-order valence-electron chi connectivity index (χ1n) is 19.4. The molecule has 1 rings (SSSR count). The molecule has 1 aliphatic heterocycles. The van der Waals surface area contributed by atoms with Crippen LogP contribution < -0.4 is 0 Å². The molecule has 0 aromatic carbocycles. The fraction of sp³-hybridized carbons (Fsp3) is 0.895. The summed E-state index contributed by atoms with van der Waals surface area (Å²) >= 11 is 0. The summed E-state index contributed by atoms with van der Waals surface area (Å²) in [7, 11) is 4.71. The zero-order chi connectivity index (χ0) is 40.5. The van der Waals surface area contributed by atoms with Crippen molar-refractivity contribution >= 4 is 23.8 Å². The molecule has 0 aromatic rings. The lowest BCUT2D eigenvalue weighted by atomic mass is 9.92. The number of nitrogens with zero attached hydrogens (tertiary/aromatic N) is 1. The molecule has 1 amide bonds. The van der Waals surface area contributed by atoms with Crippen LogP contribution in [0, 0.1) is 5.41 Å². The summed E-state index contributed by atoms with van der Waals surface area (Å²) in [4.78, 5) is 50.3. The molecular formula is C38H69NO16. The van der Waals surface area contributed by atoms with Crippen molar-refractivity contribution in [2.75, 3.05) is 140 Å². The summed E-state index contributed by atoms with van der Waals surface area (Å²) < 4.78 is 60.4. The highest BCUT2D eigenvalue weighted by atomic mass is 16.6. The van der Waals surface area contributed by atoms with Gasteiger partial charge in [-0.1, -0.05) is 0 Å². The minimum absolute atomic E-state index is 0.0530. The first-order chi connectivity index (χ1) is 26.6. The van der Waals surface area contributed by atoms with Gasteiger partial charge in [0.15, 0.2) is 0 Å². The molecule has 17 nitrogen and oxygen atoms in total. The van der Waals surface area contributed by atoms with Gasteiger partial charge in [0.05, 0.1) is 70.5 Å².